The number of rotatable bonds is 4. The molecule has 5 nitrogen and oxygen atoms in total. The van der Waals surface area contributed by atoms with Gasteiger partial charge in [0.05, 0.1) is 0 Å². The highest BCUT2D eigenvalue weighted by Crippen LogP contribution is 2.16. The highest BCUT2D eigenvalue weighted by Gasteiger charge is 2.06. The molecule has 0 heterocycles. The van der Waals surface area contributed by atoms with Gasteiger partial charge in [-0.15, -0.1) is 0 Å². The molecule has 6 heteroatoms. The zero-order chi connectivity index (χ0) is 12.8. The third-order valence-electron chi connectivity index (χ3n) is 2.23. The molecule has 92 valence electrons. The van der Waals surface area contributed by atoms with Crippen molar-refractivity contribution in [1.29, 1.82) is 0 Å². The number of hydrogen-bond donors (Lipinski definition) is 3. The average molecular weight is 256 g/mol. The number of carbonyl (C=O) groups is 1. The molecule has 0 aliphatic carbocycles. The summed E-state index contributed by atoms with van der Waals surface area (Å²) in [6.07, 6.45) is 0.293. The number of nitrogens with zero attached hydrogens (tertiary/aromatic N) is 1. The van der Waals surface area contributed by atoms with Crippen LogP contribution in [-0.4, -0.2) is 23.5 Å². The average Bonchev–Trinajstić information content (AvgIpc) is 2.32. The molecule has 0 saturated heterocycles. The lowest BCUT2D eigenvalue weighted by Crippen LogP contribution is -2.28. The van der Waals surface area contributed by atoms with Crippen LogP contribution >= 0.6 is 11.6 Å². The summed E-state index contributed by atoms with van der Waals surface area (Å²) in [5.41, 5.74) is 6.67. The molecule has 0 unspecified atom stereocenters. The van der Waals surface area contributed by atoms with Crippen LogP contribution < -0.4 is 11.1 Å². The van der Waals surface area contributed by atoms with E-state index in [1.54, 1.807) is 18.2 Å². The van der Waals surface area contributed by atoms with Crippen LogP contribution in [0.15, 0.2) is 23.4 Å². The van der Waals surface area contributed by atoms with Gasteiger partial charge in [0.25, 0.3) is 5.91 Å². The number of carbonyl (C=O) groups excluding carboxylic acids is 1. The molecule has 0 spiro atoms. The zero-order valence-electron chi connectivity index (χ0n) is 9.40. The third-order valence-corrected chi connectivity index (χ3v) is 2.64. The van der Waals surface area contributed by atoms with Gasteiger partial charge < -0.3 is 16.3 Å². The molecule has 17 heavy (non-hydrogen) atoms. The first-order valence-electron chi connectivity index (χ1n) is 5.05. The van der Waals surface area contributed by atoms with Crippen LogP contribution in [0, 0.1) is 6.92 Å². The van der Waals surface area contributed by atoms with Crippen LogP contribution in [-0.2, 0) is 0 Å². The van der Waals surface area contributed by atoms with Crippen LogP contribution in [0.1, 0.15) is 22.3 Å². The van der Waals surface area contributed by atoms with E-state index in [2.05, 4.69) is 10.5 Å². The standard InChI is InChI=1S/C11H14ClN3O2/c1-7-2-3-8(6-9(7)12)11(16)14-5-4-10(13)15-17/h2-3,6,17H,4-5H2,1H3,(H2,13,15)(H,14,16). The number of nitrogens with two attached hydrogens (primary N) is 1. The van der Waals surface area contributed by atoms with Gasteiger partial charge in [0, 0.05) is 23.6 Å². The number of amidine groups is 1. The summed E-state index contributed by atoms with van der Waals surface area (Å²) in [7, 11) is 0. The maximum Gasteiger partial charge on any atom is 0.251 e. The molecule has 0 atom stereocenters. The van der Waals surface area contributed by atoms with E-state index >= 15 is 0 Å². The van der Waals surface area contributed by atoms with E-state index < -0.39 is 0 Å². The summed E-state index contributed by atoms with van der Waals surface area (Å²) < 4.78 is 0. The molecule has 4 N–H and O–H groups in total. The molecule has 0 bridgehead atoms. The Morgan fingerprint density at radius 1 is 1.59 bits per heavy atom. The topological polar surface area (TPSA) is 87.7 Å². The van der Waals surface area contributed by atoms with E-state index in [0.29, 0.717) is 23.6 Å². The van der Waals surface area contributed by atoms with E-state index in [4.69, 9.17) is 22.5 Å². The van der Waals surface area contributed by atoms with Gasteiger partial charge >= 0.3 is 0 Å². The van der Waals surface area contributed by atoms with Crippen molar-refractivity contribution in [2.75, 3.05) is 6.54 Å². The molecular weight excluding hydrogens is 242 g/mol. The molecule has 1 amide bonds. The summed E-state index contributed by atoms with van der Waals surface area (Å²) in [6, 6.07) is 5.08. The number of nitrogens with one attached hydrogen (secondary N) is 1. The Labute approximate surface area is 104 Å². The maximum absolute atomic E-state index is 11.7. The van der Waals surface area contributed by atoms with Gasteiger partial charge in [0.1, 0.15) is 5.84 Å². The van der Waals surface area contributed by atoms with Crippen molar-refractivity contribution in [2.24, 2.45) is 10.9 Å². The summed E-state index contributed by atoms with van der Waals surface area (Å²) >= 11 is 5.91. The summed E-state index contributed by atoms with van der Waals surface area (Å²) in [6.45, 7) is 2.17. The fraction of sp³-hybridized carbons (Fsp3) is 0.273. The third kappa shape index (κ3) is 3.96. The van der Waals surface area contributed by atoms with E-state index in [-0.39, 0.29) is 11.7 Å². The zero-order valence-corrected chi connectivity index (χ0v) is 10.2. The first-order valence-corrected chi connectivity index (χ1v) is 5.43. The number of aryl methyl sites for hydroxylation is 1. The van der Waals surface area contributed by atoms with E-state index in [9.17, 15) is 4.79 Å². The number of halogens is 1. The highest BCUT2D eigenvalue weighted by molar-refractivity contribution is 6.31. The van der Waals surface area contributed by atoms with Crippen LogP contribution in [0.4, 0.5) is 0 Å². The lowest BCUT2D eigenvalue weighted by molar-refractivity contribution is 0.0954. The van der Waals surface area contributed by atoms with Crippen LogP contribution in [0.3, 0.4) is 0 Å². The second kappa shape index (κ2) is 6.10. The molecule has 1 rings (SSSR count). The van der Waals surface area contributed by atoms with Crippen molar-refractivity contribution in [3.8, 4) is 0 Å². The molecule has 0 radical (unpaired) electrons. The Bertz CT molecular complexity index is 446. The van der Waals surface area contributed by atoms with Crippen LogP contribution in [0.5, 0.6) is 0 Å². The van der Waals surface area contributed by atoms with Crippen molar-refractivity contribution in [1.82, 2.24) is 5.32 Å². The van der Waals surface area contributed by atoms with Crippen LogP contribution in [0.25, 0.3) is 0 Å². The molecule has 1 aromatic rings. The summed E-state index contributed by atoms with van der Waals surface area (Å²) in [4.78, 5) is 11.7. The predicted octanol–water partition coefficient (Wildman–Crippen LogP) is 1.51. The lowest BCUT2D eigenvalue weighted by atomic mass is 10.1. The molecule has 0 aliphatic rings. The number of benzene rings is 1. The van der Waals surface area contributed by atoms with Gasteiger partial charge in [-0.2, -0.15) is 0 Å². The van der Waals surface area contributed by atoms with Gasteiger partial charge in [0.15, 0.2) is 0 Å². The minimum Gasteiger partial charge on any atom is -0.409 e. The Morgan fingerprint density at radius 3 is 2.88 bits per heavy atom. The molecule has 0 fully saturated rings. The van der Waals surface area contributed by atoms with E-state index in [1.165, 1.54) is 0 Å². The first-order chi connectivity index (χ1) is 8.04. The van der Waals surface area contributed by atoms with E-state index in [0.717, 1.165) is 5.56 Å². The Balaban J connectivity index is 2.55. The largest absolute Gasteiger partial charge is 0.409 e. The van der Waals surface area contributed by atoms with Crippen molar-refractivity contribution < 1.29 is 10.0 Å². The molecular formula is C11H14ClN3O2. The Kier molecular flexibility index (Phi) is 4.78. The van der Waals surface area contributed by atoms with Gasteiger partial charge in [0.2, 0.25) is 0 Å². The lowest BCUT2D eigenvalue weighted by Gasteiger charge is -2.05. The van der Waals surface area contributed by atoms with E-state index in [1.807, 2.05) is 6.92 Å². The smallest absolute Gasteiger partial charge is 0.251 e. The second-order valence-corrected chi connectivity index (χ2v) is 3.97. The molecule has 0 aliphatic heterocycles. The van der Waals surface area contributed by atoms with Gasteiger partial charge in [-0.25, -0.2) is 0 Å². The maximum atomic E-state index is 11.7. The fourth-order valence-electron chi connectivity index (χ4n) is 1.19. The van der Waals surface area contributed by atoms with Crippen molar-refractivity contribution in [3.05, 3.63) is 34.3 Å². The summed E-state index contributed by atoms with van der Waals surface area (Å²) in [5.74, 6) is -0.162. The second-order valence-electron chi connectivity index (χ2n) is 3.56. The van der Waals surface area contributed by atoms with Gasteiger partial charge in [-0.05, 0) is 24.6 Å². The minimum absolute atomic E-state index is 0.0761. The number of oxime groups is 1. The summed E-state index contributed by atoms with van der Waals surface area (Å²) in [5, 5.41) is 14.3. The monoisotopic (exact) mass is 255 g/mol. The Hall–Kier alpha value is -1.75. The highest BCUT2D eigenvalue weighted by atomic mass is 35.5. The number of amides is 1. The molecule has 1 aromatic carbocycles. The van der Waals surface area contributed by atoms with Gasteiger partial charge in [-0.3, -0.25) is 4.79 Å². The van der Waals surface area contributed by atoms with Gasteiger partial charge in [-0.1, -0.05) is 22.8 Å². The number of hydrogen-bond acceptors (Lipinski definition) is 3. The fourth-order valence-corrected chi connectivity index (χ4v) is 1.37. The molecule has 0 aromatic heterocycles. The molecule has 0 saturated carbocycles. The normalized spacial score (nSPS) is 11.3. The van der Waals surface area contributed by atoms with Crippen LogP contribution in [0.2, 0.25) is 5.02 Å². The predicted molar refractivity (Wildman–Crippen MR) is 66.5 cm³/mol. The van der Waals surface area contributed by atoms with Crippen molar-refractivity contribution >= 4 is 23.3 Å². The quantitative estimate of drug-likeness (QED) is 0.330. The van der Waals surface area contributed by atoms with Crippen molar-refractivity contribution in [3.63, 3.8) is 0 Å². The van der Waals surface area contributed by atoms with Crippen molar-refractivity contribution in [2.45, 2.75) is 13.3 Å². The first kappa shape index (κ1) is 13.3. The Morgan fingerprint density at radius 2 is 2.29 bits per heavy atom. The minimum atomic E-state index is -0.238. The SMILES string of the molecule is Cc1ccc(C(=O)NCCC(N)=NO)cc1Cl.